The van der Waals surface area contributed by atoms with Crippen molar-refractivity contribution in [3.8, 4) is 11.1 Å². The van der Waals surface area contributed by atoms with Gasteiger partial charge < -0.3 is 26.2 Å². The zero-order valence-corrected chi connectivity index (χ0v) is 21.2. The largest absolute Gasteiger partial charge is 0.375 e. The Labute approximate surface area is 216 Å². The molecule has 186 valence electrons. The van der Waals surface area contributed by atoms with Crippen molar-refractivity contribution in [3.05, 3.63) is 35.1 Å². The number of aromatic nitrogens is 3. The lowest BCUT2D eigenvalue weighted by molar-refractivity contribution is 0.291. The maximum atomic E-state index is 16.5. The minimum atomic E-state index is -0.453. The van der Waals surface area contributed by atoms with Crippen LogP contribution in [0.25, 0.3) is 32.2 Å². The van der Waals surface area contributed by atoms with E-state index in [1.165, 1.54) is 17.8 Å². The van der Waals surface area contributed by atoms with Crippen LogP contribution < -0.4 is 26.2 Å². The quantitative estimate of drug-likeness (QED) is 0.374. The van der Waals surface area contributed by atoms with Gasteiger partial charge in [-0.1, -0.05) is 35.1 Å². The van der Waals surface area contributed by atoms with Gasteiger partial charge in [0.05, 0.1) is 20.8 Å². The highest BCUT2D eigenvalue weighted by atomic mass is 35.5. The van der Waals surface area contributed by atoms with E-state index >= 15 is 4.39 Å². The van der Waals surface area contributed by atoms with Crippen LogP contribution in [0.5, 0.6) is 0 Å². The third kappa shape index (κ3) is 3.50. The molecule has 5 heterocycles. The Balaban J connectivity index is 1.41. The van der Waals surface area contributed by atoms with Gasteiger partial charge in [0, 0.05) is 55.8 Å². The first-order chi connectivity index (χ1) is 17.5. The summed E-state index contributed by atoms with van der Waals surface area (Å²) in [6.45, 7) is 5.97. The van der Waals surface area contributed by atoms with Crippen LogP contribution in [-0.2, 0) is 0 Å². The molecule has 3 aliphatic heterocycles. The monoisotopic (exact) mass is 524 g/mol. The molecule has 0 unspecified atom stereocenters. The van der Waals surface area contributed by atoms with E-state index in [9.17, 15) is 0 Å². The van der Waals surface area contributed by atoms with E-state index in [0.717, 1.165) is 62.8 Å². The molecule has 2 aromatic carbocycles. The van der Waals surface area contributed by atoms with E-state index in [2.05, 4.69) is 25.4 Å². The number of benzene rings is 2. The van der Waals surface area contributed by atoms with Crippen molar-refractivity contribution in [2.24, 2.45) is 0 Å². The summed E-state index contributed by atoms with van der Waals surface area (Å²) in [5.41, 5.74) is 7.96. The lowest BCUT2D eigenvalue weighted by atomic mass is 9.89. The standard InChI is InChI=1S/C25H26ClFN8S/c26-16-11-15-21(19(27)18(16)14-3-1-4-17-20(14)31-23(28)36-17)32-24(33-22(15)34-9-7-29-8-10-34)35-12-25(13-35)5-2-6-30-25/h1,3-4,11,29-30H,2,5-10,12-13H2,(H2,28,31). The molecule has 36 heavy (non-hydrogen) atoms. The number of halogens is 2. The van der Waals surface area contributed by atoms with Crippen molar-refractivity contribution in [2.45, 2.75) is 18.4 Å². The van der Waals surface area contributed by atoms with Crippen molar-refractivity contribution in [1.82, 2.24) is 25.6 Å². The molecule has 0 atom stereocenters. The molecule has 0 radical (unpaired) electrons. The van der Waals surface area contributed by atoms with Crippen LogP contribution >= 0.6 is 22.9 Å². The topological polar surface area (TPSA) is 95.2 Å². The van der Waals surface area contributed by atoms with Crippen molar-refractivity contribution < 1.29 is 4.39 Å². The number of nitrogens with one attached hydrogen (secondary N) is 2. The molecule has 4 aromatic rings. The molecule has 0 aliphatic carbocycles. The Morgan fingerprint density at radius 2 is 1.89 bits per heavy atom. The number of anilines is 3. The van der Waals surface area contributed by atoms with Crippen molar-refractivity contribution >= 4 is 61.0 Å². The number of fused-ring (bicyclic) bond motifs is 2. The number of nitrogens with two attached hydrogens (primary N) is 1. The second-order valence-corrected chi connectivity index (χ2v) is 11.4. The second kappa shape index (κ2) is 8.37. The molecule has 3 fully saturated rings. The zero-order valence-electron chi connectivity index (χ0n) is 19.7. The average Bonchev–Trinajstić information content (AvgIpc) is 3.50. The minimum Gasteiger partial charge on any atom is -0.375 e. The predicted octanol–water partition coefficient (Wildman–Crippen LogP) is 3.63. The molecule has 7 rings (SSSR count). The van der Waals surface area contributed by atoms with Gasteiger partial charge in [0.25, 0.3) is 0 Å². The Morgan fingerprint density at radius 1 is 1.06 bits per heavy atom. The lowest BCUT2D eigenvalue weighted by Crippen LogP contribution is -2.67. The smallest absolute Gasteiger partial charge is 0.228 e. The van der Waals surface area contributed by atoms with Crippen molar-refractivity contribution in [2.75, 3.05) is 61.3 Å². The van der Waals surface area contributed by atoms with E-state index in [-0.39, 0.29) is 11.1 Å². The van der Waals surface area contributed by atoms with Gasteiger partial charge in [-0.15, -0.1) is 0 Å². The molecule has 11 heteroatoms. The van der Waals surface area contributed by atoms with Crippen LogP contribution in [0, 0.1) is 5.82 Å². The summed E-state index contributed by atoms with van der Waals surface area (Å²) < 4.78 is 17.4. The number of hydrogen-bond acceptors (Lipinski definition) is 9. The van der Waals surface area contributed by atoms with Crippen molar-refractivity contribution in [3.63, 3.8) is 0 Å². The Bertz CT molecular complexity index is 1490. The summed E-state index contributed by atoms with van der Waals surface area (Å²) >= 11 is 8.16. The Kier molecular flexibility index (Phi) is 5.21. The van der Waals surface area contributed by atoms with E-state index in [4.69, 9.17) is 27.3 Å². The van der Waals surface area contributed by atoms with E-state index < -0.39 is 5.82 Å². The number of rotatable bonds is 3. The van der Waals surface area contributed by atoms with Crippen LogP contribution in [0.2, 0.25) is 5.02 Å². The first-order valence-electron chi connectivity index (χ1n) is 12.3. The molecule has 0 saturated carbocycles. The summed E-state index contributed by atoms with van der Waals surface area (Å²) in [6.07, 6.45) is 2.33. The summed E-state index contributed by atoms with van der Waals surface area (Å²) in [6, 6.07) is 7.45. The van der Waals surface area contributed by atoms with Crippen LogP contribution in [-0.4, -0.2) is 66.3 Å². The van der Waals surface area contributed by atoms with Crippen LogP contribution in [0.3, 0.4) is 0 Å². The van der Waals surface area contributed by atoms with Crippen LogP contribution in [0.1, 0.15) is 12.8 Å². The summed E-state index contributed by atoms with van der Waals surface area (Å²) in [5.74, 6) is 0.852. The molecular weight excluding hydrogens is 499 g/mol. The second-order valence-electron chi connectivity index (χ2n) is 9.90. The fourth-order valence-electron chi connectivity index (χ4n) is 5.81. The van der Waals surface area contributed by atoms with Gasteiger partial charge in [0.15, 0.2) is 10.9 Å². The van der Waals surface area contributed by atoms with Gasteiger partial charge in [0.2, 0.25) is 5.95 Å². The zero-order chi connectivity index (χ0) is 24.4. The molecule has 0 bridgehead atoms. The average molecular weight is 525 g/mol. The van der Waals surface area contributed by atoms with Gasteiger partial charge in [-0.25, -0.2) is 14.4 Å². The molecule has 8 nitrogen and oxygen atoms in total. The fourth-order valence-corrected chi connectivity index (χ4v) is 6.86. The highest BCUT2D eigenvalue weighted by Gasteiger charge is 2.46. The van der Waals surface area contributed by atoms with Gasteiger partial charge >= 0.3 is 0 Å². The number of thiazole rings is 1. The minimum absolute atomic E-state index is 0.136. The normalized spacial score (nSPS) is 19.5. The van der Waals surface area contributed by atoms with E-state index in [0.29, 0.717) is 38.1 Å². The van der Waals surface area contributed by atoms with Gasteiger partial charge in [-0.05, 0) is 31.5 Å². The number of hydrogen-bond donors (Lipinski definition) is 3. The molecular formula is C25H26ClFN8S. The number of piperazine rings is 1. The Hall–Kier alpha value is -2.79. The molecule has 1 spiro atoms. The first kappa shape index (κ1) is 22.4. The van der Waals surface area contributed by atoms with Crippen LogP contribution in [0.4, 0.5) is 21.3 Å². The maximum absolute atomic E-state index is 16.5. The molecule has 0 amide bonds. The highest BCUT2D eigenvalue weighted by molar-refractivity contribution is 7.22. The van der Waals surface area contributed by atoms with Gasteiger partial charge in [-0.3, -0.25) is 0 Å². The highest BCUT2D eigenvalue weighted by Crippen LogP contribution is 2.42. The maximum Gasteiger partial charge on any atom is 0.228 e. The molecule has 3 saturated heterocycles. The van der Waals surface area contributed by atoms with E-state index in [1.54, 1.807) is 6.07 Å². The first-order valence-corrected chi connectivity index (χ1v) is 13.5. The SMILES string of the molecule is Nc1nc2c(-c3c(Cl)cc4c(N5CCNCC5)nc(N5CC6(CCCN6)C5)nc4c3F)cccc2s1. The van der Waals surface area contributed by atoms with Crippen LogP contribution in [0.15, 0.2) is 24.3 Å². The molecule has 2 aromatic heterocycles. The molecule has 3 aliphatic rings. The number of nitrogen functional groups attached to an aromatic ring is 1. The summed E-state index contributed by atoms with van der Waals surface area (Å²) in [4.78, 5) is 18.6. The third-order valence-corrected chi connectivity index (χ3v) is 8.72. The third-order valence-electron chi connectivity index (χ3n) is 7.57. The fraction of sp³-hybridized carbons (Fsp3) is 0.400. The Morgan fingerprint density at radius 3 is 2.67 bits per heavy atom. The predicted molar refractivity (Wildman–Crippen MR) is 145 cm³/mol. The lowest BCUT2D eigenvalue weighted by Gasteiger charge is -2.48. The molecule has 4 N–H and O–H groups in total. The number of para-hydroxylation sites is 1. The van der Waals surface area contributed by atoms with Crippen molar-refractivity contribution in [1.29, 1.82) is 0 Å². The van der Waals surface area contributed by atoms with E-state index in [1.807, 2.05) is 18.2 Å². The van der Waals surface area contributed by atoms with Gasteiger partial charge in [-0.2, -0.15) is 4.98 Å². The number of nitrogens with zero attached hydrogens (tertiary/aromatic N) is 5. The van der Waals surface area contributed by atoms with Gasteiger partial charge in [0.1, 0.15) is 11.3 Å². The summed E-state index contributed by atoms with van der Waals surface area (Å²) in [7, 11) is 0. The summed E-state index contributed by atoms with van der Waals surface area (Å²) in [5, 5.41) is 8.38.